The summed E-state index contributed by atoms with van der Waals surface area (Å²) < 4.78 is 0. The van der Waals surface area contributed by atoms with Crippen LogP contribution in [0, 0.1) is 6.92 Å². The third kappa shape index (κ3) is 8.73. The summed E-state index contributed by atoms with van der Waals surface area (Å²) in [7, 11) is 0. The maximum Gasteiger partial charge on any atom is 0.0705 e. The van der Waals surface area contributed by atoms with Crippen LogP contribution < -0.4 is 0 Å². The lowest BCUT2D eigenvalue weighted by Gasteiger charge is -2.21. The van der Waals surface area contributed by atoms with Crippen molar-refractivity contribution in [1.29, 1.82) is 0 Å². The molecule has 1 heterocycles. The molecule has 0 spiro atoms. The standard InChI is InChI=1S/C45H51N/c1-6-8-9-10-11-14-35-19-24-38(25-20-35)41-29-40(37-22-17-34(5)18-23-37)30-42(31-41)39-26-27-43(36(7-2)21-16-33(3)4)44(32-39)45-15-12-13-28-46-45/h12-13,15,17-20,22-32,36H,3,6-11,14,16,21H2,1-2,4-5H3. The van der Waals surface area contributed by atoms with Crippen LogP contribution in [0.1, 0.15) is 94.7 Å². The number of rotatable bonds is 15. The minimum absolute atomic E-state index is 0.461. The molecule has 1 nitrogen and oxygen atoms in total. The zero-order valence-corrected chi connectivity index (χ0v) is 28.5. The Morgan fingerprint density at radius 3 is 1.91 bits per heavy atom. The van der Waals surface area contributed by atoms with Crippen LogP contribution in [0.4, 0.5) is 0 Å². The quantitative estimate of drug-likeness (QED) is 0.0854. The van der Waals surface area contributed by atoms with Crippen LogP contribution in [-0.2, 0) is 6.42 Å². The Labute approximate surface area is 278 Å². The first-order valence-electron chi connectivity index (χ1n) is 17.5. The number of nitrogens with zero attached hydrogens (tertiary/aromatic N) is 1. The Morgan fingerprint density at radius 1 is 0.674 bits per heavy atom. The van der Waals surface area contributed by atoms with Gasteiger partial charge in [-0.2, -0.15) is 0 Å². The fraction of sp³-hybridized carbons (Fsp3) is 0.311. The van der Waals surface area contributed by atoms with E-state index < -0.39 is 0 Å². The highest BCUT2D eigenvalue weighted by Crippen LogP contribution is 2.39. The molecule has 5 rings (SSSR count). The van der Waals surface area contributed by atoms with E-state index in [9.17, 15) is 0 Å². The molecule has 46 heavy (non-hydrogen) atoms. The van der Waals surface area contributed by atoms with E-state index in [-0.39, 0.29) is 0 Å². The van der Waals surface area contributed by atoms with Gasteiger partial charge in [-0.05, 0) is 133 Å². The largest absolute Gasteiger partial charge is 0.256 e. The molecule has 1 unspecified atom stereocenters. The Kier molecular flexibility index (Phi) is 11.8. The Hall–Kier alpha value is -4.23. The number of aromatic nitrogens is 1. The number of unbranched alkanes of at least 4 members (excludes halogenated alkanes) is 4. The average Bonchev–Trinajstić information content (AvgIpc) is 3.09. The van der Waals surface area contributed by atoms with Crippen LogP contribution in [0.3, 0.4) is 0 Å². The minimum atomic E-state index is 0.461. The lowest BCUT2D eigenvalue weighted by Crippen LogP contribution is -2.02. The first-order chi connectivity index (χ1) is 22.4. The molecular weight excluding hydrogens is 555 g/mol. The van der Waals surface area contributed by atoms with Crippen LogP contribution in [0.2, 0.25) is 0 Å². The maximum absolute atomic E-state index is 4.82. The van der Waals surface area contributed by atoms with Gasteiger partial charge in [0.05, 0.1) is 5.69 Å². The fourth-order valence-corrected chi connectivity index (χ4v) is 6.51. The Balaban J connectivity index is 1.55. The van der Waals surface area contributed by atoms with Crippen molar-refractivity contribution in [3.8, 4) is 44.6 Å². The third-order valence-electron chi connectivity index (χ3n) is 9.35. The zero-order valence-electron chi connectivity index (χ0n) is 28.5. The lowest BCUT2D eigenvalue weighted by molar-refractivity contribution is 0.605. The predicted molar refractivity (Wildman–Crippen MR) is 200 cm³/mol. The van der Waals surface area contributed by atoms with Gasteiger partial charge >= 0.3 is 0 Å². The van der Waals surface area contributed by atoms with Crippen molar-refractivity contribution in [2.45, 2.75) is 91.4 Å². The van der Waals surface area contributed by atoms with E-state index in [2.05, 4.69) is 131 Å². The van der Waals surface area contributed by atoms with Gasteiger partial charge < -0.3 is 0 Å². The van der Waals surface area contributed by atoms with E-state index in [4.69, 9.17) is 4.98 Å². The van der Waals surface area contributed by atoms with Crippen molar-refractivity contribution in [2.24, 2.45) is 0 Å². The van der Waals surface area contributed by atoms with Crippen molar-refractivity contribution < 1.29 is 0 Å². The van der Waals surface area contributed by atoms with Crippen LogP contribution in [0.25, 0.3) is 44.6 Å². The number of allylic oxidation sites excluding steroid dienone is 1. The SMILES string of the molecule is C=C(C)CCC(CC)c1ccc(-c2cc(-c3ccc(C)cc3)cc(-c3ccc(CCCCCCC)cc3)c2)cc1-c1ccccn1. The van der Waals surface area contributed by atoms with Crippen molar-refractivity contribution in [3.63, 3.8) is 0 Å². The van der Waals surface area contributed by atoms with E-state index in [1.807, 2.05) is 12.3 Å². The highest BCUT2D eigenvalue weighted by Gasteiger charge is 2.18. The molecule has 1 heteroatoms. The molecule has 0 aliphatic rings. The van der Waals surface area contributed by atoms with Crippen LogP contribution in [-0.4, -0.2) is 4.98 Å². The van der Waals surface area contributed by atoms with Crippen molar-refractivity contribution in [2.75, 3.05) is 0 Å². The summed E-state index contributed by atoms with van der Waals surface area (Å²) in [4.78, 5) is 4.82. The average molecular weight is 606 g/mol. The molecule has 236 valence electrons. The normalized spacial score (nSPS) is 11.8. The number of hydrogen-bond acceptors (Lipinski definition) is 1. The maximum atomic E-state index is 4.82. The monoisotopic (exact) mass is 605 g/mol. The van der Waals surface area contributed by atoms with Crippen LogP contribution in [0.5, 0.6) is 0 Å². The van der Waals surface area contributed by atoms with Gasteiger partial charge in [-0.25, -0.2) is 0 Å². The molecule has 0 bridgehead atoms. The van der Waals surface area contributed by atoms with E-state index >= 15 is 0 Å². The molecule has 0 amide bonds. The van der Waals surface area contributed by atoms with Gasteiger partial charge in [-0.15, -0.1) is 6.58 Å². The topological polar surface area (TPSA) is 12.9 Å². The van der Waals surface area contributed by atoms with Gasteiger partial charge in [0.15, 0.2) is 0 Å². The van der Waals surface area contributed by atoms with Crippen molar-refractivity contribution in [3.05, 3.63) is 138 Å². The molecule has 1 atom stereocenters. The molecule has 1 aromatic heterocycles. The number of pyridine rings is 1. The summed E-state index contributed by atoms with van der Waals surface area (Å²) in [6, 6.07) is 38.6. The van der Waals surface area contributed by atoms with Gasteiger partial charge in [0.2, 0.25) is 0 Å². The highest BCUT2D eigenvalue weighted by atomic mass is 14.7. The van der Waals surface area contributed by atoms with Crippen molar-refractivity contribution >= 4 is 0 Å². The molecule has 0 N–H and O–H groups in total. The lowest BCUT2D eigenvalue weighted by atomic mass is 9.84. The van der Waals surface area contributed by atoms with Gasteiger partial charge in [-0.3, -0.25) is 4.98 Å². The molecule has 0 saturated heterocycles. The molecule has 0 fully saturated rings. The molecular formula is C45H51N. The van der Waals surface area contributed by atoms with Gasteiger partial charge in [0, 0.05) is 11.8 Å². The van der Waals surface area contributed by atoms with Gasteiger partial charge in [-0.1, -0.05) is 117 Å². The minimum Gasteiger partial charge on any atom is -0.256 e. The zero-order chi connectivity index (χ0) is 32.3. The summed E-state index contributed by atoms with van der Waals surface area (Å²) in [5.41, 5.74) is 15.0. The number of hydrogen-bond donors (Lipinski definition) is 0. The molecule has 0 aliphatic carbocycles. The van der Waals surface area contributed by atoms with E-state index in [1.165, 1.54) is 93.3 Å². The Morgan fingerprint density at radius 2 is 1.30 bits per heavy atom. The van der Waals surface area contributed by atoms with E-state index in [0.29, 0.717) is 5.92 Å². The number of benzene rings is 4. The molecule has 0 aliphatic heterocycles. The molecule has 5 aromatic rings. The summed E-state index contributed by atoms with van der Waals surface area (Å²) in [5.74, 6) is 0.461. The molecule has 0 saturated carbocycles. The smallest absolute Gasteiger partial charge is 0.0705 e. The first-order valence-corrected chi connectivity index (χ1v) is 17.5. The second-order valence-corrected chi connectivity index (χ2v) is 13.1. The van der Waals surface area contributed by atoms with E-state index in [0.717, 1.165) is 31.4 Å². The molecule has 0 radical (unpaired) electrons. The van der Waals surface area contributed by atoms with Crippen molar-refractivity contribution in [1.82, 2.24) is 4.98 Å². The Bertz CT molecular complexity index is 1690. The third-order valence-corrected chi connectivity index (χ3v) is 9.35. The summed E-state index contributed by atoms with van der Waals surface area (Å²) >= 11 is 0. The predicted octanol–water partition coefficient (Wildman–Crippen LogP) is 13.4. The summed E-state index contributed by atoms with van der Waals surface area (Å²) in [5, 5.41) is 0. The first kappa shape index (κ1) is 33.1. The summed E-state index contributed by atoms with van der Waals surface area (Å²) in [6.07, 6.45) is 12.9. The molecule has 4 aromatic carbocycles. The highest BCUT2D eigenvalue weighted by molar-refractivity contribution is 5.83. The number of aryl methyl sites for hydroxylation is 2. The fourth-order valence-electron chi connectivity index (χ4n) is 6.51. The van der Waals surface area contributed by atoms with Gasteiger partial charge in [0.1, 0.15) is 0 Å². The second kappa shape index (κ2) is 16.4. The van der Waals surface area contributed by atoms with Crippen LogP contribution >= 0.6 is 0 Å². The second-order valence-electron chi connectivity index (χ2n) is 13.1. The van der Waals surface area contributed by atoms with Gasteiger partial charge in [0.25, 0.3) is 0 Å². The van der Waals surface area contributed by atoms with E-state index in [1.54, 1.807) is 0 Å². The summed E-state index contributed by atoms with van der Waals surface area (Å²) in [6.45, 7) is 13.0. The van der Waals surface area contributed by atoms with Crippen LogP contribution in [0.15, 0.2) is 121 Å².